The number of fused-ring (bicyclic) bond motifs is 3. The first kappa shape index (κ1) is 22.3. The highest BCUT2D eigenvalue weighted by Crippen LogP contribution is 2.30. The van der Waals surface area contributed by atoms with Gasteiger partial charge in [0.25, 0.3) is 0 Å². The minimum atomic E-state index is -0.106. The molecule has 0 bridgehead atoms. The van der Waals surface area contributed by atoms with E-state index in [1.807, 2.05) is 37.3 Å². The molecule has 33 heavy (non-hydrogen) atoms. The average molecular weight is 438 g/mol. The molecular formula is C28H27N3O2. The molecule has 1 N–H and O–H groups in total. The maximum atomic E-state index is 12.9. The summed E-state index contributed by atoms with van der Waals surface area (Å²) in [6.45, 7) is 4.92. The summed E-state index contributed by atoms with van der Waals surface area (Å²) in [6.07, 6.45) is 1.20. The molecule has 0 saturated carbocycles. The molecule has 1 unspecified atom stereocenters. The highest BCUT2D eigenvalue weighted by atomic mass is 16.1. The molecule has 5 heteroatoms. The number of rotatable bonds is 8. The van der Waals surface area contributed by atoms with Crippen LogP contribution >= 0.6 is 0 Å². The highest BCUT2D eigenvalue weighted by Gasteiger charge is 2.15. The van der Waals surface area contributed by atoms with E-state index in [2.05, 4.69) is 35.0 Å². The van der Waals surface area contributed by atoms with E-state index < -0.39 is 0 Å². The second kappa shape index (κ2) is 9.70. The molecule has 0 aliphatic carbocycles. The molecule has 0 spiro atoms. The number of carbonyl (C=O) groups excluding carboxylic acids is 2. The number of amides is 1. The van der Waals surface area contributed by atoms with Crippen LogP contribution in [0.2, 0.25) is 0 Å². The van der Waals surface area contributed by atoms with Gasteiger partial charge in [-0.2, -0.15) is 5.26 Å². The molecule has 4 aromatic rings. The number of nitriles is 1. The maximum absolute atomic E-state index is 12.9. The predicted octanol–water partition coefficient (Wildman–Crippen LogP) is 5.40. The third-order valence-corrected chi connectivity index (χ3v) is 6.07. The number of ketones is 1. The summed E-state index contributed by atoms with van der Waals surface area (Å²) in [5, 5.41) is 14.1. The number of benzene rings is 3. The normalized spacial score (nSPS) is 11.9. The number of aromatic nitrogens is 1. The van der Waals surface area contributed by atoms with Crippen molar-refractivity contribution in [3.05, 3.63) is 83.4 Å². The minimum absolute atomic E-state index is 0.0819. The van der Waals surface area contributed by atoms with Gasteiger partial charge in [-0.3, -0.25) is 9.59 Å². The molecular weight excluding hydrogens is 410 g/mol. The van der Waals surface area contributed by atoms with Crippen LogP contribution in [-0.4, -0.2) is 22.3 Å². The molecule has 1 aromatic heterocycles. The highest BCUT2D eigenvalue weighted by molar-refractivity contribution is 6.11. The van der Waals surface area contributed by atoms with Crippen LogP contribution in [0.5, 0.6) is 0 Å². The largest absolute Gasteiger partial charge is 0.353 e. The van der Waals surface area contributed by atoms with Crippen molar-refractivity contribution in [1.29, 1.82) is 5.26 Å². The number of hydrogen-bond acceptors (Lipinski definition) is 3. The summed E-state index contributed by atoms with van der Waals surface area (Å²) < 4.78 is 2.27. The fraction of sp³-hybridized carbons (Fsp3) is 0.250. The zero-order chi connectivity index (χ0) is 23.4. The van der Waals surface area contributed by atoms with Crippen LogP contribution in [-0.2, 0) is 17.8 Å². The van der Waals surface area contributed by atoms with Gasteiger partial charge in [0.15, 0.2) is 5.78 Å². The zero-order valence-corrected chi connectivity index (χ0v) is 19.0. The number of hydrogen-bond donors (Lipinski definition) is 1. The van der Waals surface area contributed by atoms with Crippen LogP contribution in [0.1, 0.15) is 48.2 Å². The third-order valence-electron chi connectivity index (χ3n) is 6.07. The van der Waals surface area contributed by atoms with Gasteiger partial charge in [-0.15, -0.1) is 0 Å². The Kier molecular flexibility index (Phi) is 6.55. The maximum Gasteiger partial charge on any atom is 0.224 e. The van der Waals surface area contributed by atoms with E-state index in [1.165, 1.54) is 5.52 Å². The number of nitrogens with one attached hydrogen (secondary N) is 1. The number of aryl methyl sites for hydroxylation is 1. The van der Waals surface area contributed by atoms with Crippen LogP contribution in [0, 0.1) is 11.3 Å². The van der Waals surface area contributed by atoms with E-state index in [-0.39, 0.29) is 24.2 Å². The average Bonchev–Trinajstić information content (AvgIpc) is 3.16. The molecule has 0 fully saturated rings. The number of nitrogens with zero attached hydrogens (tertiary/aromatic N) is 2. The van der Waals surface area contributed by atoms with Crippen molar-refractivity contribution in [2.24, 2.45) is 0 Å². The Balaban J connectivity index is 1.38. The predicted molar refractivity (Wildman–Crippen MR) is 131 cm³/mol. The molecule has 0 aliphatic heterocycles. The summed E-state index contributed by atoms with van der Waals surface area (Å²) in [5.41, 5.74) is 4.45. The van der Waals surface area contributed by atoms with Gasteiger partial charge in [0.1, 0.15) is 0 Å². The Bertz CT molecular complexity index is 1360. The van der Waals surface area contributed by atoms with Gasteiger partial charge in [-0.1, -0.05) is 30.3 Å². The first-order valence-corrected chi connectivity index (χ1v) is 11.3. The fourth-order valence-corrected chi connectivity index (χ4v) is 4.34. The number of para-hydroxylation sites is 1. The third kappa shape index (κ3) is 4.80. The zero-order valence-electron chi connectivity index (χ0n) is 19.0. The Labute approximate surface area is 193 Å². The van der Waals surface area contributed by atoms with Crippen molar-refractivity contribution >= 4 is 33.5 Å². The lowest BCUT2D eigenvalue weighted by molar-refractivity contribution is -0.121. The molecule has 5 nitrogen and oxygen atoms in total. The van der Waals surface area contributed by atoms with Crippen molar-refractivity contribution in [3.8, 4) is 6.07 Å². The second-order valence-corrected chi connectivity index (χ2v) is 8.41. The van der Waals surface area contributed by atoms with Crippen LogP contribution in [0.3, 0.4) is 0 Å². The molecule has 1 atom stereocenters. The fourth-order valence-electron chi connectivity index (χ4n) is 4.34. The molecule has 3 aromatic carbocycles. The summed E-state index contributed by atoms with van der Waals surface area (Å²) in [4.78, 5) is 25.2. The second-order valence-electron chi connectivity index (χ2n) is 8.41. The van der Waals surface area contributed by atoms with E-state index in [0.29, 0.717) is 24.0 Å². The van der Waals surface area contributed by atoms with Crippen molar-refractivity contribution in [1.82, 2.24) is 9.88 Å². The molecule has 1 amide bonds. The van der Waals surface area contributed by atoms with E-state index in [0.717, 1.165) is 28.4 Å². The van der Waals surface area contributed by atoms with E-state index in [1.54, 1.807) is 24.3 Å². The van der Waals surface area contributed by atoms with Crippen LogP contribution in [0.15, 0.2) is 66.7 Å². The summed E-state index contributed by atoms with van der Waals surface area (Å²) in [6, 6.07) is 23.2. The first-order chi connectivity index (χ1) is 16.0. The Hall–Kier alpha value is -3.91. The van der Waals surface area contributed by atoms with E-state index in [4.69, 9.17) is 5.26 Å². The van der Waals surface area contributed by atoms with Crippen molar-refractivity contribution in [2.45, 2.75) is 45.7 Å². The SMILES string of the molecule is CCn1c2ccccc2c2cc(C(=O)CCC(C)NC(=O)Cc3ccc(C#N)cc3)ccc21. The summed E-state index contributed by atoms with van der Waals surface area (Å²) in [7, 11) is 0. The quantitative estimate of drug-likeness (QED) is 0.375. The lowest BCUT2D eigenvalue weighted by Crippen LogP contribution is -2.34. The topological polar surface area (TPSA) is 74.9 Å². The van der Waals surface area contributed by atoms with E-state index in [9.17, 15) is 9.59 Å². The molecule has 1 heterocycles. The van der Waals surface area contributed by atoms with Gasteiger partial charge in [0, 0.05) is 46.4 Å². The Morgan fingerprint density at radius 2 is 1.73 bits per heavy atom. The number of carbonyl (C=O) groups is 2. The lowest BCUT2D eigenvalue weighted by atomic mass is 10.0. The standard InChI is InChI=1S/C28H27N3O2/c1-3-31-25-7-5-4-6-23(25)24-17-22(13-14-26(24)31)27(32)15-8-19(2)30-28(33)16-20-9-11-21(18-29)12-10-20/h4-7,9-14,17,19H,3,8,15-16H2,1-2H3,(H,30,33). The van der Waals surface area contributed by atoms with Crippen molar-refractivity contribution in [3.63, 3.8) is 0 Å². The van der Waals surface area contributed by atoms with Gasteiger partial charge in [-0.05, 0) is 62.2 Å². The lowest BCUT2D eigenvalue weighted by Gasteiger charge is -2.13. The summed E-state index contributed by atoms with van der Waals surface area (Å²) in [5.74, 6) is -0.00753. The van der Waals surface area contributed by atoms with Gasteiger partial charge in [-0.25, -0.2) is 0 Å². The van der Waals surface area contributed by atoms with Crippen molar-refractivity contribution in [2.75, 3.05) is 0 Å². The number of Topliss-reactive ketones (excluding diaryl/α,β-unsaturated/α-hetero) is 1. The van der Waals surface area contributed by atoms with Gasteiger partial charge < -0.3 is 9.88 Å². The minimum Gasteiger partial charge on any atom is -0.353 e. The summed E-state index contributed by atoms with van der Waals surface area (Å²) >= 11 is 0. The molecule has 166 valence electrons. The monoisotopic (exact) mass is 437 g/mol. The van der Waals surface area contributed by atoms with E-state index >= 15 is 0 Å². The van der Waals surface area contributed by atoms with Gasteiger partial charge in [0.2, 0.25) is 5.91 Å². The molecule has 4 rings (SSSR count). The molecule has 0 saturated heterocycles. The first-order valence-electron chi connectivity index (χ1n) is 11.3. The Morgan fingerprint density at radius 1 is 1.00 bits per heavy atom. The Morgan fingerprint density at radius 3 is 2.45 bits per heavy atom. The van der Waals surface area contributed by atoms with Gasteiger partial charge >= 0.3 is 0 Å². The van der Waals surface area contributed by atoms with Crippen LogP contribution in [0.4, 0.5) is 0 Å². The smallest absolute Gasteiger partial charge is 0.224 e. The molecule has 0 radical (unpaired) electrons. The van der Waals surface area contributed by atoms with Crippen LogP contribution in [0.25, 0.3) is 21.8 Å². The molecule has 0 aliphatic rings. The van der Waals surface area contributed by atoms with Gasteiger partial charge in [0.05, 0.1) is 18.1 Å². The van der Waals surface area contributed by atoms with Crippen molar-refractivity contribution < 1.29 is 9.59 Å². The van der Waals surface area contributed by atoms with Crippen LogP contribution < -0.4 is 5.32 Å².